The number of halogens is 1. The van der Waals surface area contributed by atoms with Crippen molar-refractivity contribution >= 4 is 15.9 Å². The molecule has 1 fully saturated rings. The molecule has 0 saturated heterocycles. The highest BCUT2D eigenvalue weighted by Gasteiger charge is 2.29. The van der Waals surface area contributed by atoms with Crippen molar-refractivity contribution in [3.63, 3.8) is 0 Å². The number of hydrogen-bond acceptors (Lipinski definition) is 2. The second-order valence-corrected chi connectivity index (χ2v) is 5.87. The van der Waals surface area contributed by atoms with Crippen LogP contribution in [0.1, 0.15) is 50.8 Å². The molecular weight excluding hydrogens is 278 g/mol. The molecule has 0 bridgehead atoms. The van der Waals surface area contributed by atoms with Crippen molar-refractivity contribution in [2.45, 2.75) is 45.1 Å². The van der Waals surface area contributed by atoms with Gasteiger partial charge in [-0.15, -0.1) is 0 Å². The highest BCUT2D eigenvalue weighted by Crippen LogP contribution is 2.39. The fourth-order valence-electron chi connectivity index (χ4n) is 2.83. The summed E-state index contributed by atoms with van der Waals surface area (Å²) in [6.07, 6.45) is 7.39. The molecule has 94 valence electrons. The second-order valence-electron chi connectivity index (χ2n) is 5.02. The van der Waals surface area contributed by atoms with Crippen molar-refractivity contribution < 1.29 is 5.11 Å². The first-order chi connectivity index (χ1) is 8.22. The first kappa shape index (κ1) is 13.0. The quantitative estimate of drug-likeness (QED) is 0.911. The summed E-state index contributed by atoms with van der Waals surface area (Å²) in [4.78, 5) is 4.31. The molecule has 3 atom stereocenters. The summed E-state index contributed by atoms with van der Waals surface area (Å²) in [5, 5.41) is 10.4. The van der Waals surface area contributed by atoms with E-state index in [1.807, 2.05) is 12.1 Å². The third-order valence-electron chi connectivity index (χ3n) is 3.91. The van der Waals surface area contributed by atoms with Gasteiger partial charge in [0.1, 0.15) is 0 Å². The van der Waals surface area contributed by atoms with E-state index in [0.717, 1.165) is 28.9 Å². The maximum atomic E-state index is 10.4. The van der Waals surface area contributed by atoms with Crippen LogP contribution in [0.25, 0.3) is 0 Å². The van der Waals surface area contributed by atoms with Crippen LogP contribution in [0.5, 0.6) is 0 Å². The maximum Gasteiger partial charge on any atom is 0.0999 e. The van der Waals surface area contributed by atoms with Crippen molar-refractivity contribution in [1.82, 2.24) is 4.98 Å². The van der Waals surface area contributed by atoms with Gasteiger partial charge in [-0.25, -0.2) is 0 Å². The van der Waals surface area contributed by atoms with E-state index >= 15 is 0 Å². The third-order valence-corrected chi connectivity index (χ3v) is 4.58. The molecule has 2 rings (SSSR count). The zero-order valence-electron chi connectivity index (χ0n) is 10.3. The smallest absolute Gasteiger partial charge is 0.0999 e. The summed E-state index contributed by atoms with van der Waals surface area (Å²) in [6.45, 7) is 2.25. The van der Waals surface area contributed by atoms with Gasteiger partial charge in [0.25, 0.3) is 0 Å². The van der Waals surface area contributed by atoms with Crippen LogP contribution in [-0.4, -0.2) is 10.1 Å². The van der Waals surface area contributed by atoms with Gasteiger partial charge in [-0.05, 0) is 52.7 Å². The summed E-state index contributed by atoms with van der Waals surface area (Å²) in [6, 6.07) is 3.84. The fourth-order valence-corrected chi connectivity index (χ4v) is 3.32. The SMILES string of the molecule is CCC1CCCC(C(O)c2ncccc2Br)C1. The summed E-state index contributed by atoms with van der Waals surface area (Å²) < 4.78 is 0.922. The van der Waals surface area contributed by atoms with E-state index in [-0.39, 0.29) is 0 Å². The Hall–Kier alpha value is -0.410. The Morgan fingerprint density at radius 2 is 2.35 bits per heavy atom. The summed E-state index contributed by atoms with van der Waals surface area (Å²) in [5.74, 6) is 1.16. The Kier molecular flexibility index (Phi) is 4.57. The Bertz CT molecular complexity index is 369. The van der Waals surface area contributed by atoms with Crippen LogP contribution in [0, 0.1) is 11.8 Å². The van der Waals surface area contributed by atoms with Gasteiger partial charge in [0.05, 0.1) is 11.8 Å². The molecule has 1 aliphatic rings. The molecule has 1 heterocycles. The monoisotopic (exact) mass is 297 g/mol. The average molecular weight is 298 g/mol. The first-order valence-electron chi connectivity index (χ1n) is 6.50. The zero-order chi connectivity index (χ0) is 12.3. The number of pyridine rings is 1. The van der Waals surface area contributed by atoms with Crippen molar-refractivity contribution in [3.8, 4) is 0 Å². The lowest BCUT2D eigenvalue weighted by Crippen LogP contribution is -2.22. The van der Waals surface area contributed by atoms with Gasteiger partial charge in [0.15, 0.2) is 0 Å². The minimum Gasteiger partial charge on any atom is -0.386 e. The van der Waals surface area contributed by atoms with E-state index in [2.05, 4.69) is 27.8 Å². The molecule has 0 radical (unpaired) electrons. The standard InChI is InChI=1S/C14H20BrNO/c1-2-10-5-3-6-11(9-10)14(17)13-12(15)7-4-8-16-13/h4,7-8,10-11,14,17H,2-3,5-6,9H2,1H3. The molecule has 17 heavy (non-hydrogen) atoms. The predicted octanol–water partition coefficient (Wildman–Crippen LogP) is 4.09. The van der Waals surface area contributed by atoms with Crippen LogP contribution >= 0.6 is 15.9 Å². The number of aliphatic hydroxyl groups excluding tert-OH is 1. The van der Waals surface area contributed by atoms with Gasteiger partial charge in [0, 0.05) is 10.7 Å². The molecule has 3 heteroatoms. The van der Waals surface area contributed by atoms with E-state index in [1.54, 1.807) is 6.20 Å². The fraction of sp³-hybridized carbons (Fsp3) is 0.643. The van der Waals surface area contributed by atoms with Crippen LogP contribution in [-0.2, 0) is 0 Å². The molecule has 0 spiro atoms. The van der Waals surface area contributed by atoms with Crippen molar-refractivity contribution in [1.29, 1.82) is 0 Å². The summed E-state index contributed by atoms with van der Waals surface area (Å²) >= 11 is 3.47. The molecule has 0 aromatic carbocycles. The van der Waals surface area contributed by atoms with Crippen LogP contribution in [0.3, 0.4) is 0 Å². The van der Waals surface area contributed by atoms with Gasteiger partial charge in [0.2, 0.25) is 0 Å². The minimum absolute atomic E-state index is 0.375. The Balaban J connectivity index is 2.09. The molecule has 1 saturated carbocycles. The molecular formula is C14H20BrNO. The van der Waals surface area contributed by atoms with E-state index in [4.69, 9.17) is 0 Å². The third kappa shape index (κ3) is 3.08. The topological polar surface area (TPSA) is 33.1 Å². The largest absolute Gasteiger partial charge is 0.386 e. The molecule has 1 N–H and O–H groups in total. The van der Waals surface area contributed by atoms with Crippen LogP contribution in [0.4, 0.5) is 0 Å². The van der Waals surface area contributed by atoms with Crippen molar-refractivity contribution in [2.24, 2.45) is 11.8 Å². The van der Waals surface area contributed by atoms with Gasteiger partial charge in [-0.3, -0.25) is 4.98 Å². The lowest BCUT2D eigenvalue weighted by atomic mass is 9.77. The van der Waals surface area contributed by atoms with Crippen LogP contribution < -0.4 is 0 Å². The van der Waals surface area contributed by atoms with Crippen molar-refractivity contribution in [2.75, 3.05) is 0 Å². The minimum atomic E-state index is -0.417. The molecule has 1 aromatic heterocycles. The van der Waals surface area contributed by atoms with Crippen LogP contribution in [0.15, 0.2) is 22.8 Å². The lowest BCUT2D eigenvalue weighted by Gasteiger charge is -2.31. The first-order valence-corrected chi connectivity index (χ1v) is 7.30. The number of aromatic nitrogens is 1. The van der Waals surface area contributed by atoms with E-state index in [1.165, 1.54) is 19.3 Å². The number of rotatable bonds is 3. The predicted molar refractivity (Wildman–Crippen MR) is 72.6 cm³/mol. The average Bonchev–Trinajstić information content (AvgIpc) is 2.38. The lowest BCUT2D eigenvalue weighted by molar-refractivity contribution is 0.0639. The molecule has 0 aliphatic heterocycles. The molecule has 1 aromatic rings. The zero-order valence-corrected chi connectivity index (χ0v) is 11.9. The number of nitrogens with zero attached hydrogens (tertiary/aromatic N) is 1. The van der Waals surface area contributed by atoms with E-state index in [0.29, 0.717) is 5.92 Å². The Morgan fingerprint density at radius 1 is 1.53 bits per heavy atom. The molecule has 2 nitrogen and oxygen atoms in total. The summed E-state index contributed by atoms with van der Waals surface area (Å²) in [7, 11) is 0. The highest BCUT2D eigenvalue weighted by atomic mass is 79.9. The van der Waals surface area contributed by atoms with Crippen molar-refractivity contribution in [3.05, 3.63) is 28.5 Å². The number of aliphatic hydroxyl groups is 1. The van der Waals surface area contributed by atoms with Gasteiger partial charge < -0.3 is 5.11 Å². The second kappa shape index (κ2) is 5.96. The van der Waals surface area contributed by atoms with E-state index in [9.17, 15) is 5.11 Å². The maximum absolute atomic E-state index is 10.4. The van der Waals surface area contributed by atoms with Crippen LogP contribution in [0.2, 0.25) is 0 Å². The van der Waals surface area contributed by atoms with Gasteiger partial charge in [-0.1, -0.05) is 26.2 Å². The molecule has 3 unspecified atom stereocenters. The Morgan fingerprint density at radius 3 is 3.06 bits per heavy atom. The Labute approximate surface area is 112 Å². The number of hydrogen-bond donors (Lipinski definition) is 1. The molecule has 1 aliphatic carbocycles. The van der Waals surface area contributed by atoms with Gasteiger partial charge in [-0.2, -0.15) is 0 Å². The van der Waals surface area contributed by atoms with E-state index < -0.39 is 6.10 Å². The molecule has 0 amide bonds. The normalized spacial score (nSPS) is 26.8. The highest BCUT2D eigenvalue weighted by molar-refractivity contribution is 9.10. The summed E-state index contributed by atoms with van der Waals surface area (Å²) in [5.41, 5.74) is 0.800. The van der Waals surface area contributed by atoms with Gasteiger partial charge >= 0.3 is 0 Å².